The van der Waals surface area contributed by atoms with E-state index in [9.17, 15) is 4.79 Å². The Morgan fingerprint density at radius 2 is 2.26 bits per heavy atom. The largest absolute Gasteiger partial charge is 0.381 e. The summed E-state index contributed by atoms with van der Waals surface area (Å²) in [4.78, 5) is 12.1. The minimum Gasteiger partial charge on any atom is -0.381 e. The second kappa shape index (κ2) is 5.75. The van der Waals surface area contributed by atoms with Crippen molar-refractivity contribution >= 4 is 29.1 Å². The topological polar surface area (TPSA) is 46.9 Å². The summed E-state index contributed by atoms with van der Waals surface area (Å²) in [7, 11) is 0. The van der Waals surface area contributed by atoms with Gasteiger partial charge < -0.3 is 5.32 Å². The van der Waals surface area contributed by atoms with Crippen molar-refractivity contribution in [2.24, 2.45) is 5.92 Å². The lowest BCUT2D eigenvalue weighted by Crippen LogP contribution is -2.27. The molecule has 0 unspecified atom stereocenters. The monoisotopic (exact) mass is 301 g/mol. The van der Waals surface area contributed by atoms with Gasteiger partial charge in [0.1, 0.15) is 5.02 Å². The highest BCUT2D eigenvalue weighted by atomic mass is 35.5. The highest BCUT2D eigenvalue weighted by molar-refractivity contribution is 8.00. The normalized spacial score (nSPS) is 16.7. The molecule has 0 aromatic carbocycles. The maximum atomic E-state index is 12.1. The van der Waals surface area contributed by atoms with Gasteiger partial charge >= 0.3 is 0 Å². The van der Waals surface area contributed by atoms with Crippen LogP contribution in [-0.2, 0) is 6.54 Å². The Bertz CT molecular complexity index is 511. The molecule has 1 aliphatic carbocycles. The minimum absolute atomic E-state index is 0.214. The summed E-state index contributed by atoms with van der Waals surface area (Å²) in [5.41, 5.74) is 0.432. The number of rotatable bonds is 6. The molecular weight excluding hydrogens is 282 g/mol. The lowest BCUT2D eigenvalue weighted by molar-refractivity contribution is 0.464. The molecule has 1 aromatic rings. The fourth-order valence-electron chi connectivity index (χ4n) is 1.91. The molecule has 1 fully saturated rings. The van der Waals surface area contributed by atoms with Crippen molar-refractivity contribution in [3.8, 4) is 0 Å². The van der Waals surface area contributed by atoms with E-state index in [4.69, 9.17) is 11.6 Å². The first-order valence-corrected chi connectivity index (χ1v) is 8.12. The molecule has 1 aromatic heterocycles. The first kappa shape index (κ1) is 14.7. The summed E-state index contributed by atoms with van der Waals surface area (Å²) in [6.07, 6.45) is 6.21. The molecule has 4 nitrogen and oxygen atoms in total. The lowest BCUT2D eigenvalue weighted by atomic mass is 10.2. The van der Waals surface area contributed by atoms with Crippen LogP contribution in [0.15, 0.2) is 11.0 Å². The standard InChI is InChI=1S/C13H20ClN3OS/c1-9(2)7-17-12(18)11(14)10(6-16-17)15-8-13(19-3)4-5-13/h6,9,15H,4-5,7-8H2,1-3H3. The van der Waals surface area contributed by atoms with Gasteiger partial charge in [0.2, 0.25) is 0 Å². The number of thioether (sulfide) groups is 1. The number of halogens is 1. The number of nitrogens with zero attached hydrogens (tertiary/aromatic N) is 2. The van der Waals surface area contributed by atoms with E-state index in [1.807, 2.05) is 25.6 Å². The molecule has 1 saturated carbocycles. The van der Waals surface area contributed by atoms with E-state index in [2.05, 4.69) is 16.7 Å². The van der Waals surface area contributed by atoms with Crippen molar-refractivity contribution in [1.82, 2.24) is 9.78 Å². The van der Waals surface area contributed by atoms with Crippen LogP contribution in [0.1, 0.15) is 26.7 Å². The Kier molecular flexibility index (Phi) is 4.46. The van der Waals surface area contributed by atoms with Gasteiger partial charge in [-0.1, -0.05) is 25.4 Å². The predicted molar refractivity (Wildman–Crippen MR) is 82.3 cm³/mol. The van der Waals surface area contributed by atoms with E-state index < -0.39 is 0 Å². The predicted octanol–water partition coefficient (Wildman–Crippen LogP) is 2.86. The SMILES string of the molecule is CSC1(CNc2cnn(CC(C)C)c(=O)c2Cl)CC1. The molecule has 0 bridgehead atoms. The van der Waals surface area contributed by atoms with Gasteiger partial charge in [0.05, 0.1) is 11.9 Å². The molecule has 0 radical (unpaired) electrons. The summed E-state index contributed by atoms with van der Waals surface area (Å²) in [6, 6.07) is 0. The number of anilines is 1. The van der Waals surface area contributed by atoms with E-state index in [1.165, 1.54) is 17.5 Å². The summed E-state index contributed by atoms with van der Waals surface area (Å²) in [5.74, 6) is 0.367. The highest BCUT2D eigenvalue weighted by Crippen LogP contribution is 2.47. The Hall–Kier alpha value is -0.680. The number of nitrogens with one attached hydrogen (secondary N) is 1. The fourth-order valence-corrected chi connectivity index (χ4v) is 2.85. The average molecular weight is 302 g/mol. The zero-order valence-corrected chi connectivity index (χ0v) is 13.1. The van der Waals surface area contributed by atoms with Crippen LogP contribution in [0.25, 0.3) is 0 Å². The van der Waals surface area contributed by atoms with Crippen molar-refractivity contribution in [3.63, 3.8) is 0 Å². The van der Waals surface area contributed by atoms with Crippen molar-refractivity contribution in [2.75, 3.05) is 18.1 Å². The van der Waals surface area contributed by atoms with Gasteiger partial charge in [0.15, 0.2) is 0 Å². The van der Waals surface area contributed by atoms with E-state index in [0.717, 1.165) is 6.54 Å². The van der Waals surface area contributed by atoms with Crippen molar-refractivity contribution < 1.29 is 0 Å². The number of aromatic nitrogens is 2. The van der Waals surface area contributed by atoms with Crippen LogP contribution in [0.4, 0.5) is 5.69 Å². The van der Waals surface area contributed by atoms with Gasteiger partial charge in [-0.2, -0.15) is 16.9 Å². The molecule has 1 heterocycles. The molecule has 0 spiro atoms. The smallest absolute Gasteiger partial charge is 0.287 e. The first-order valence-electron chi connectivity index (χ1n) is 6.52. The van der Waals surface area contributed by atoms with Gasteiger partial charge in [-0.3, -0.25) is 4.79 Å². The van der Waals surface area contributed by atoms with E-state index in [0.29, 0.717) is 22.9 Å². The highest BCUT2D eigenvalue weighted by Gasteiger charge is 2.41. The summed E-state index contributed by atoms with van der Waals surface area (Å²) >= 11 is 8.00. The first-order chi connectivity index (χ1) is 8.97. The molecule has 1 N–H and O–H groups in total. The van der Waals surface area contributed by atoms with E-state index >= 15 is 0 Å². The quantitative estimate of drug-likeness (QED) is 0.877. The van der Waals surface area contributed by atoms with Crippen LogP contribution in [0, 0.1) is 5.92 Å². The van der Waals surface area contributed by atoms with Crippen LogP contribution in [0.2, 0.25) is 5.02 Å². The second-order valence-corrected chi connectivity index (χ2v) is 7.15. The van der Waals surface area contributed by atoms with Crippen LogP contribution < -0.4 is 10.9 Å². The molecule has 2 rings (SSSR count). The third kappa shape index (κ3) is 3.45. The molecule has 1 aliphatic rings. The van der Waals surface area contributed by atoms with Crippen LogP contribution >= 0.6 is 23.4 Å². The third-order valence-electron chi connectivity index (χ3n) is 3.36. The van der Waals surface area contributed by atoms with Gasteiger partial charge in [-0.15, -0.1) is 0 Å². The third-order valence-corrected chi connectivity index (χ3v) is 5.15. The number of hydrogen-bond donors (Lipinski definition) is 1. The van der Waals surface area contributed by atoms with Crippen molar-refractivity contribution in [2.45, 2.75) is 38.0 Å². The zero-order chi connectivity index (χ0) is 14.0. The average Bonchev–Trinajstić information content (AvgIpc) is 3.14. The molecule has 0 amide bonds. The molecule has 0 atom stereocenters. The Morgan fingerprint density at radius 3 is 2.79 bits per heavy atom. The van der Waals surface area contributed by atoms with Gasteiger partial charge in [0, 0.05) is 17.8 Å². The molecule has 0 saturated heterocycles. The Labute approximate surface area is 122 Å². The van der Waals surface area contributed by atoms with Crippen molar-refractivity contribution in [3.05, 3.63) is 21.6 Å². The molecule has 0 aliphatic heterocycles. The zero-order valence-electron chi connectivity index (χ0n) is 11.6. The second-order valence-electron chi connectivity index (χ2n) is 5.49. The minimum atomic E-state index is -0.214. The van der Waals surface area contributed by atoms with E-state index in [-0.39, 0.29) is 10.6 Å². The van der Waals surface area contributed by atoms with Gasteiger partial charge in [-0.05, 0) is 25.0 Å². The fraction of sp³-hybridized carbons (Fsp3) is 0.692. The van der Waals surface area contributed by atoms with E-state index in [1.54, 1.807) is 6.20 Å². The van der Waals surface area contributed by atoms with Gasteiger partial charge in [-0.25, -0.2) is 4.68 Å². The molecular formula is C13H20ClN3OS. The summed E-state index contributed by atoms with van der Waals surface area (Å²) < 4.78 is 1.76. The number of hydrogen-bond acceptors (Lipinski definition) is 4. The van der Waals surface area contributed by atoms with Crippen LogP contribution in [-0.4, -0.2) is 27.3 Å². The Morgan fingerprint density at radius 1 is 1.58 bits per heavy atom. The van der Waals surface area contributed by atoms with Gasteiger partial charge in [0.25, 0.3) is 5.56 Å². The molecule has 19 heavy (non-hydrogen) atoms. The van der Waals surface area contributed by atoms with Crippen LogP contribution in [0.3, 0.4) is 0 Å². The summed E-state index contributed by atoms with van der Waals surface area (Å²) in [6.45, 7) is 5.52. The molecule has 6 heteroatoms. The summed E-state index contributed by atoms with van der Waals surface area (Å²) in [5, 5.41) is 7.68. The molecule has 106 valence electrons. The maximum Gasteiger partial charge on any atom is 0.287 e. The van der Waals surface area contributed by atoms with Crippen molar-refractivity contribution in [1.29, 1.82) is 0 Å². The maximum absolute atomic E-state index is 12.1. The van der Waals surface area contributed by atoms with Crippen LogP contribution in [0.5, 0.6) is 0 Å². The Balaban J connectivity index is 2.10. The lowest BCUT2D eigenvalue weighted by Gasteiger charge is -2.15.